The zero-order valence-corrected chi connectivity index (χ0v) is 20.7. The molecular formula is C27H45N3O2. The summed E-state index contributed by atoms with van der Waals surface area (Å²) in [5.74, 6) is 4.88. The van der Waals surface area contributed by atoms with Crippen molar-refractivity contribution in [2.45, 2.75) is 104 Å². The monoisotopic (exact) mass is 443 g/mol. The van der Waals surface area contributed by atoms with Gasteiger partial charge in [-0.1, -0.05) is 34.1 Å². The van der Waals surface area contributed by atoms with Crippen molar-refractivity contribution in [3.63, 3.8) is 0 Å². The van der Waals surface area contributed by atoms with Crippen LogP contribution < -0.4 is 0 Å². The largest absolute Gasteiger partial charge is 0.393 e. The van der Waals surface area contributed by atoms with Crippen LogP contribution in [0.3, 0.4) is 0 Å². The normalized spacial score (nSPS) is 51.0. The van der Waals surface area contributed by atoms with Crippen LogP contribution in [0.1, 0.15) is 91.9 Å². The number of amidine groups is 1. The topological polar surface area (TPSA) is 77.5 Å². The molecule has 4 unspecified atom stereocenters. The van der Waals surface area contributed by atoms with Crippen LogP contribution in [0.15, 0.2) is 15.2 Å². The summed E-state index contributed by atoms with van der Waals surface area (Å²) >= 11 is 0. The van der Waals surface area contributed by atoms with Gasteiger partial charge in [-0.05, 0) is 104 Å². The van der Waals surface area contributed by atoms with E-state index in [1.165, 1.54) is 25.7 Å². The summed E-state index contributed by atoms with van der Waals surface area (Å²) in [7, 11) is 0. The zero-order valence-electron chi connectivity index (χ0n) is 20.7. The number of hydrogen-bond acceptors (Lipinski definition) is 5. The summed E-state index contributed by atoms with van der Waals surface area (Å²) in [5, 5.41) is 30.5. The quantitative estimate of drug-likeness (QED) is 0.559. The van der Waals surface area contributed by atoms with Crippen LogP contribution in [-0.2, 0) is 0 Å². The predicted molar refractivity (Wildman–Crippen MR) is 127 cm³/mol. The van der Waals surface area contributed by atoms with Gasteiger partial charge >= 0.3 is 0 Å². The van der Waals surface area contributed by atoms with Crippen molar-refractivity contribution in [1.29, 1.82) is 0 Å². The summed E-state index contributed by atoms with van der Waals surface area (Å²) in [6.07, 6.45) is 10.9. The minimum atomic E-state index is -0.194. The van der Waals surface area contributed by atoms with E-state index < -0.39 is 0 Å². The fourth-order valence-electron chi connectivity index (χ4n) is 9.88. The lowest BCUT2D eigenvalue weighted by Gasteiger charge is -2.64. The second-order valence-corrected chi connectivity index (χ2v) is 12.6. The molecule has 0 bridgehead atoms. The molecule has 5 aliphatic rings. The number of azo groups is 1. The van der Waals surface area contributed by atoms with Crippen LogP contribution in [-0.4, -0.2) is 34.9 Å². The first-order valence-electron chi connectivity index (χ1n) is 13.6. The number of aliphatic hydroxyl groups is 2. The lowest BCUT2D eigenvalue weighted by atomic mass is 9.41. The Morgan fingerprint density at radius 3 is 2.47 bits per heavy atom. The van der Waals surface area contributed by atoms with E-state index in [2.05, 4.69) is 42.9 Å². The third-order valence-electron chi connectivity index (χ3n) is 11.5. The van der Waals surface area contributed by atoms with Crippen molar-refractivity contribution in [3.8, 4) is 0 Å². The molecule has 32 heavy (non-hydrogen) atoms. The third-order valence-corrected chi connectivity index (χ3v) is 11.5. The van der Waals surface area contributed by atoms with E-state index >= 15 is 0 Å². The molecule has 1 heterocycles. The number of rotatable bonds is 5. The molecule has 4 saturated carbocycles. The number of aliphatic hydroxyl groups excluding tert-OH is 2. The highest BCUT2D eigenvalue weighted by Gasteiger charge is 2.64. The molecule has 0 aromatic heterocycles. The Morgan fingerprint density at radius 1 is 1.00 bits per heavy atom. The predicted octanol–water partition coefficient (Wildman–Crippen LogP) is 5.85. The molecular weight excluding hydrogens is 398 g/mol. The third kappa shape index (κ3) is 3.43. The molecule has 2 N–H and O–H groups in total. The van der Waals surface area contributed by atoms with Crippen LogP contribution in [0.4, 0.5) is 0 Å². The highest BCUT2D eigenvalue weighted by Crippen LogP contribution is 2.69. The molecule has 0 saturated heterocycles. The summed E-state index contributed by atoms with van der Waals surface area (Å²) < 4.78 is 0. The number of hydrogen-bond donors (Lipinski definition) is 2. The average molecular weight is 444 g/mol. The first-order chi connectivity index (χ1) is 15.3. The van der Waals surface area contributed by atoms with Crippen molar-refractivity contribution in [2.24, 2.45) is 67.5 Å². The van der Waals surface area contributed by atoms with Crippen LogP contribution in [0.2, 0.25) is 0 Å². The Balaban J connectivity index is 1.38. The second kappa shape index (κ2) is 8.45. The van der Waals surface area contributed by atoms with Gasteiger partial charge in [0.25, 0.3) is 0 Å². The van der Waals surface area contributed by atoms with Crippen molar-refractivity contribution in [3.05, 3.63) is 0 Å². The maximum absolute atomic E-state index is 11.8. The Kier molecular flexibility index (Phi) is 6.06. The smallest absolute Gasteiger partial charge is 0.152 e. The number of fused-ring (bicyclic) bond motifs is 5. The van der Waals surface area contributed by atoms with Gasteiger partial charge in [0.05, 0.1) is 12.2 Å². The molecule has 4 fully saturated rings. The molecule has 0 aromatic carbocycles. The van der Waals surface area contributed by atoms with Crippen LogP contribution in [0, 0.1) is 52.3 Å². The Labute approximate surface area is 194 Å². The van der Waals surface area contributed by atoms with Gasteiger partial charge in [0.1, 0.15) is 5.84 Å². The molecule has 0 amide bonds. The first-order valence-corrected chi connectivity index (χ1v) is 13.6. The van der Waals surface area contributed by atoms with E-state index in [-0.39, 0.29) is 12.2 Å². The number of nitrogens with zero attached hydrogens (tertiary/aromatic N) is 3. The Bertz CT molecular complexity index is 768. The zero-order chi connectivity index (χ0) is 22.7. The SMILES string of the molecule is CC[C@H]1C(O)C2C3CC[C@H]([C@H](C)CCC4=NCN=N4)[C@@]3(C)CCC2[C@@]2(C)CC[C@@H](O)C[C@@H]12. The fraction of sp³-hybridized carbons (Fsp3) is 0.963. The van der Waals surface area contributed by atoms with E-state index in [9.17, 15) is 10.2 Å². The minimum Gasteiger partial charge on any atom is -0.393 e. The molecule has 1 aliphatic heterocycles. The molecule has 4 aliphatic carbocycles. The van der Waals surface area contributed by atoms with Crippen molar-refractivity contribution < 1.29 is 10.2 Å². The van der Waals surface area contributed by atoms with E-state index in [4.69, 9.17) is 0 Å². The van der Waals surface area contributed by atoms with Crippen LogP contribution in [0.25, 0.3) is 0 Å². The minimum absolute atomic E-state index is 0.166. The highest BCUT2D eigenvalue weighted by molar-refractivity contribution is 5.83. The average Bonchev–Trinajstić information content (AvgIpc) is 3.41. The molecule has 0 radical (unpaired) electrons. The number of aliphatic imine (C=N–C) groups is 1. The van der Waals surface area contributed by atoms with Gasteiger partial charge in [-0.3, -0.25) is 0 Å². The van der Waals surface area contributed by atoms with Gasteiger partial charge < -0.3 is 10.2 Å². The highest BCUT2D eigenvalue weighted by atomic mass is 16.3. The van der Waals surface area contributed by atoms with Crippen LogP contribution >= 0.6 is 0 Å². The summed E-state index contributed by atoms with van der Waals surface area (Å²) in [5.41, 5.74) is 0.636. The van der Waals surface area contributed by atoms with Crippen molar-refractivity contribution in [2.75, 3.05) is 6.67 Å². The summed E-state index contributed by atoms with van der Waals surface area (Å²) in [6, 6.07) is 0. The molecule has 11 atom stereocenters. The van der Waals surface area contributed by atoms with Crippen LogP contribution in [0.5, 0.6) is 0 Å². The van der Waals surface area contributed by atoms with E-state index in [1.54, 1.807) is 0 Å². The van der Waals surface area contributed by atoms with Gasteiger partial charge in [0.2, 0.25) is 0 Å². The van der Waals surface area contributed by atoms with Crippen molar-refractivity contribution >= 4 is 5.84 Å². The first kappa shape index (κ1) is 23.0. The standard InChI is InChI=1S/C27H45N3O2/c1-5-18-22-14-17(31)10-12-27(22,4)21-11-13-26(3)19(7-8-20(26)24(21)25(18)32)16(2)6-9-23-28-15-29-30-23/h16-22,24-25,31-32H,5-15H2,1-4H3/t16-,17-,18-,19-,20?,21?,22+,24?,25?,26-,27-/m1/s1. The summed E-state index contributed by atoms with van der Waals surface area (Å²) in [6.45, 7) is 10.3. The molecule has 5 nitrogen and oxygen atoms in total. The molecule has 5 heteroatoms. The van der Waals surface area contributed by atoms with Crippen molar-refractivity contribution in [1.82, 2.24) is 0 Å². The van der Waals surface area contributed by atoms with Gasteiger partial charge in [0, 0.05) is 6.42 Å². The summed E-state index contributed by atoms with van der Waals surface area (Å²) in [4.78, 5) is 4.40. The Hall–Kier alpha value is -0.810. The van der Waals surface area contributed by atoms with Gasteiger partial charge in [-0.25, -0.2) is 4.99 Å². The molecule has 180 valence electrons. The van der Waals surface area contributed by atoms with E-state index in [0.717, 1.165) is 50.3 Å². The molecule has 0 aromatic rings. The van der Waals surface area contributed by atoms with Gasteiger partial charge in [0.15, 0.2) is 6.67 Å². The fourth-order valence-corrected chi connectivity index (χ4v) is 9.88. The van der Waals surface area contributed by atoms with Gasteiger partial charge in [-0.15, -0.1) is 5.11 Å². The van der Waals surface area contributed by atoms with Gasteiger partial charge in [-0.2, -0.15) is 5.11 Å². The lowest BCUT2D eigenvalue weighted by molar-refractivity contribution is -0.203. The second-order valence-electron chi connectivity index (χ2n) is 12.6. The maximum Gasteiger partial charge on any atom is 0.152 e. The van der Waals surface area contributed by atoms with E-state index in [0.29, 0.717) is 53.0 Å². The lowest BCUT2D eigenvalue weighted by Crippen LogP contribution is -2.62. The molecule has 5 rings (SSSR count). The maximum atomic E-state index is 11.8. The molecule has 0 spiro atoms. The van der Waals surface area contributed by atoms with E-state index in [1.807, 2.05) is 0 Å². The Morgan fingerprint density at radius 2 is 1.75 bits per heavy atom.